The molecule has 0 radical (unpaired) electrons. The van der Waals surface area contributed by atoms with Crippen molar-refractivity contribution in [2.24, 2.45) is 0 Å². The van der Waals surface area contributed by atoms with E-state index in [0.29, 0.717) is 0 Å². The summed E-state index contributed by atoms with van der Waals surface area (Å²) in [6, 6.07) is 0. The predicted molar refractivity (Wildman–Crippen MR) is 76.9 cm³/mol. The van der Waals surface area contributed by atoms with E-state index in [1.807, 2.05) is 6.20 Å². The quantitative estimate of drug-likeness (QED) is 0.810. The summed E-state index contributed by atoms with van der Waals surface area (Å²) in [5, 5.41) is 4.71. The van der Waals surface area contributed by atoms with Crippen molar-refractivity contribution in [2.75, 3.05) is 18.0 Å². The standard InChI is InChI=1S/C13H25N3S/c1-6-13(4,5)15-10-11-9-14-12(17-11)16(7-2)8-3/h9,15H,6-8,10H2,1-5H3. The summed E-state index contributed by atoms with van der Waals surface area (Å²) in [5.41, 5.74) is 0.208. The lowest BCUT2D eigenvalue weighted by Gasteiger charge is -2.24. The average Bonchev–Trinajstić information content (AvgIpc) is 2.77. The van der Waals surface area contributed by atoms with Gasteiger partial charge >= 0.3 is 0 Å². The van der Waals surface area contributed by atoms with Gasteiger partial charge < -0.3 is 10.2 Å². The van der Waals surface area contributed by atoms with E-state index in [9.17, 15) is 0 Å². The molecule has 98 valence electrons. The molecule has 4 heteroatoms. The summed E-state index contributed by atoms with van der Waals surface area (Å²) < 4.78 is 0. The van der Waals surface area contributed by atoms with Crippen LogP contribution >= 0.6 is 11.3 Å². The van der Waals surface area contributed by atoms with Gasteiger partial charge in [0.15, 0.2) is 5.13 Å². The highest BCUT2D eigenvalue weighted by atomic mass is 32.1. The lowest BCUT2D eigenvalue weighted by molar-refractivity contribution is 0.376. The van der Waals surface area contributed by atoms with Gasteiger partial charge in [0.2, 0.25) is 0 Å². The van der Waals surface area contributed by atoms with E-state index < -0.39 is 0 Å². The number of nitrogens with zero attached hydrogens (tertiary/aromatic N) is 2. The van der Waals surface area contributed by atoms with Crippen molar-refractivity contribution >= 4 is 16.5 Å². The molecule has 17 heavy (non-hydrogen) atoms. The van der Waals surface area contributed by atoms with Crippen molar-refractivity contribution in [1.82, 2.24) is 10.3 Å². The van der Waals surface area contributed by atoms with E-state index in [4.69, 9.17) is 0 Å². The van der Waals surface area contributed by atoms with Gasteiger partial charge in [0.25, 0.3) is 0 Å². The maximum Gasteiger partial charge on any atom is 0.185 e. The molecule has 1 aromatic rings. The van der Waals surface area contributed by atoms with Gasteiger partial charge in [-0.25, -0.2) is 4.98 Å². The van der Waals surface area contributed by atoms with Crippen LogP contribution in [0.5, 0.6) is 0 Å². The molecule has 0 atom stereocenters. The van der Waals surface area contributed by atoms with Crippen LogP contribution in [0.25, 0.3) is 0 Å². The zero-order valence-electron chi connectivity index (χ0n) is 11.7. The first-order valence-corrected chi connectivity index (χ1v) is 7.28. The number of aromatic nitrogens is 1. The zero-order valence-corrected chi connectivity index (χ0v) is 12.5. The highest BCUT2D eigenvalue weighted by Gasteiger charge is 2.14. The summed E-state index contributed by atoms with van der Waals surface area (Å²) in [4.78, 5) is 8.09. The van der Waals surface area contributed by atoms with Gasteiger partial charge in [0, 0.05) is 36.2 Å². The third-order valence-corrected chi connectivity index (χ3v) is 4.26. The topological polar surface area (TPSA) is 28.2 Å². The van der Waals surface area contributed by atoms with Crippen LogP contribution in [-0.4, -0.2) is 23.6 Å². The number of thiazole rings is 1. The molecule has 1 N–H and O–H groups in total. The zero-order chi connectivity index (χ0) is 12.9. The third-order valence-electron chi connectivity index (χ3n) is 3.20. The van der Waals surface area contributed by atoms with Gasteiger partial charge in [0.05, 0.1) is 0 Å². The lowest BCUT2D eigenvalue weighted by atomic mass is 10.0. The molecule has 1 aromatic heterocycles. The second-order valence-corrected chi connectivity index (χ2v) is 5.97. The Balaban J connectivity index is 2.57. The Hall–Kier alpha value is -0.610. The highest BCUT2D eigenvalue weighted by molar-refractivity contribution is 7.15. The smallest absolute Gasteiger partial charge is 0.185 e. The Labute approximate surface area is 109 Å². The Morgan fingerprint density at radius 2 is 1.94 bits per heavy atom. The molecule has 0 aliphatic heterocycles. The number of nitrogens with one attached hydrogen (secondary N) is 1. The molecule has 0 saturated carbocycles. The predicted octanol–water partition coefficient (Wildman–Crippen LogP) is 3.27. The van der Waals surface area contributed by atoms with Gasteiger partial charge in [-0.15, -0.1) is 11.3 Å². The van der Waals surface area contributed by atoms with Crippen molar-refractivity contribution in [1.29, 1.82) is 0 Å². The molecule has 1 heterocycles. The number of anilines is 1. The number of hydrogen-bond donors (Lipinski definition) is 1. The van der Waals surface area contributed by atoms with Crippen molar-refractivity contribution in [3.05, 3.63) is 11.1 Å². The molecule has 0 spiro atoms. The summed E-state index contributed by atoms with van der Waals surface area (Å²) in [7, 11) is 0. The SMILES string of the molecule is CCN(CC)c1ncc(CNC(C)(C)CC)s1. The second-order valence-electron chi connectivity index (χ2n) is 4.87. The molecule has 1 rings (SSSR count). The summed E-state index contributed by atoms with van der Waals surface area (Å²) in [6.07, 6.45) is 3.13. The van der Waals surface area contributed by atoms with E-state index in [2.05, 4.69) is 49.8 Å². The van der Waals surface area contributed by atoms with E-state index in [-0.39, 0.29) is 5.54 Å². The fourth-order valence-corrected chi connectivity index (χ4v) is 2.45. The number of rotatable bonds is 7. The molecular weight excluding hydrogens is 230 g/mol. The minimum atomic E-state index is 0.208. The highest BCUT2D eigenvalue weighted by Crippen LogP contribution is 2.22. The molecule has 0 amide bonds. The Kier molecular flexibility index (Phi) is 5.40. The molecule has 0 bridgehead atoms. The molecular formula is C13H25N3S. The molecule has 0 aliphatic rings. The molecule has 0 fully saturated rings. The van der Waals surface area contributed by atoms with Gasteiger partial charge in [-0.3, -0.25) is 0 Å². The fraction of sp³-hybridized carbons (Fsp3) is 0.769. The maximum absolute atomic E-state index is 4.49. The van der Waals surface area contributed by atoms with Crippen LogP contribution in [0.15, 0.2) is 6.20 Å². The monoisotopic (exact) mass is 255 g/mol. The Morgan fingerprint density at radius 3 is 2.47 bits per heavy atom. The molecule has 3 nitrogen and oxygen atoms in total. The van der Waals surface area contributed by atoms with Crippen LogP contribution in [-0.2, 0) is 6.54 Å². The first kappa shape index (κ1) is 14.5. The van der Waals surface area contributed by atoms with E-state index >= 15 is 0 Å². The molecule has 0 aliphatic carbocycles. The van der Waals surface area contributed by atoms with E-state index in [1.165, 1.54) is 4.88 Å². The van der Waals surface area contributed by atoms with Crippen LogP contribution in [0.3, 0.4) is 0 Å². The van der Waals surface area contributed by atoms with Crippen LogP contribution in [0.1, 0.15) is 45.9 Å². The third kappa shape index (κ3) is 4.28. The summed E-state index contributed by atoms with van der Waals surface area (Å²) >= 11 is 1.79. The van der Waals surface area contributed by atoms with Gasteiger partial charge in [-0.2, -0.15) is 0 Å². The van der Waals surface area contributed by atoms with E-state index in [0.717, 1.165) is 31.2 Å². The van der Waals surface area contributed by atoms with Crippen molar-refractivity contribution in [3.63, 3.8) is 0 Å². The van der Waals surface area contributed by atoms with Crippen LogP contribution in [0, 0.1) is 0 Å². The Morgan fingerprint density at radius 1 is 1.29 bits per heavy atom. The lowest BCUT2D eigenvalue weighted by Crippen LogP contribution is -2.37. The Bertz CT molecular complexity index is 329. The second kappa shape index (κ2) is 6.36. The summed E-state index contributed by atoms with van der Waals surface area (Å²) in [6.45, 7) is 14.0. The molecule has 0 saturated heterocycles. The normalized spacial score (nSPS) is 11.8. The van der Waals surface area contributed by atoms with Crippen molar-refractivity contribution < 1.29 is 0 Å². The van der Waals surface area contributed by atoms with Crippen LogP contribution in [0.2, 0.25) is 0 Å². The van der Waals surface area contributed by atoms with Crippen molar-refractivity contribution in [3.8, 4) is 0 Å². The first-order valence-electron chi connectivity index (χ1n) is 6.47. The molecule has 0 aromatic carbocycles. The summed E-state index contributed by atoms with van der Waals surface area (Å²) in [5.74, 6) is 0. The van der Waals surface area contributed by atoms with Crippen LogP contribution in [0.4, 0.5) is 5.13 Å². The van der Waals surface area contributed by atoms with Gasteiger partial charge in [0.1, 0.15) is 0 Å². The molecule has 0 unspecified atom stereocenters. The average molecular weight is 255 g/mol. The fourth-order valence-electron chi connectivity index (χ4n) is 1.47. The van der Waals surface area contributed by atoms with Crippen molar-refractivity contribution in [2.45, 2.75) is 53.1 Å². The minimum absolute atomic E-state index is 0.208. The first-order chi connectivity index (χ1) is 8.02. The maximum atomic E-state index is 4.49. The number of hydrogen-bond acceptors (Lipinski definition) is 4. The van der Waals surface area contributed by atoms with E-state index in [1.54, 1.807) is 11.3 Å². The van der Waals surface area contributed by atoms with Gasteiger partial charge in [-0.1, -0.05) is 6.92 Å². The van der Waals surface area contributed by atoms with Gasteiger partial charge in [-0.05, 0) is 34.1 Å². The minimum Gasteiger partial charge on any atom is -0.349 e. The van der Waals surface area contributed by atoms with Crippen LogP contribution < -0.4 is 10.2 Å². The largest absolute Gasteiger partial charge is 0.349 e.